The number of anilines is 1. The zero-order valence-electron chi connectivity index (χ0n) is 14.5. The van der Waals surface area contributed by atoms with Crippen molar-refractivity contribution < 1.29 is 17.9 Å². The van der Waals surface area contributed by atoms with Crippen molar-refractivity contribution in [1.29, 1.82) is 0 Å². The predicted octanol–water partition coefficient (Wildman–Crippen LogP) is 2.73. The van der Waals surface area contributed by atoms with Crippen LogP contribution in [-0.4, -0.2) is 40.3 Å². The van der Waals surface area contributed by atoms with Crippen LogP contribution in [0.3, 0.4) is 0 Å². The van der Waals surface area contributed by atoms with Crippen LogP contribution >= 0.6 is 11.8 Å². The van der Waals surface area contributed by atoms with Crippen LogP contribution < -0.4 is 10.0 Å². The van der Waals surface area contributed by atoms with E-state index in [1.807, 2.05) is 30.3 Å². The Labute approximate surface area is 158 Å². The summed E-state index contributed by atoms with van der Waals surface area (Å²) in [7, 11) is -1.99. The predicted molar refractivity (Wildman–Crippen MR) is 104 cm³/mol. The maximum atomic E-state index is 12.1. The SMILES string of the molecule is COCCCNS(=O)(=O)c1ccc(NC(=O)CSc2ccccc2)cc1. The fraction of sp³-hybridized carbons (Fsp3) is 0.278. The van der Waals surface area contributed by atoms with E-state index in [1.165, 1.54) is 23.9 Å². The first-order chi connectivity index (χ1) is 12.5. The second kappa shape index (κ2) is 10.3. The summed E-state index contributed by atoms with van der Waals surface area (Å²) < 4.78 is 31.7. The Hall–Kier alpha value is -1.87. The minimum absolute atomic E-state index is 0.146. The molecule has 0 saturated heterocycles. The lowest BCUT2D eigenvalue weighted by Crippen LogP contribution is -2.25. The molecule has 2 rings (SSSR count). The van der Waals surface area contributed by atoms with Gasteiger partial charge >= 0.3 is 0 Å². The normalized spacial score (nSPS) is 11.3. The molecule has 0 aromatic heterocycles. The number of benzene rings is 2. The number of hydrogen-bond acceptors (Lipinski definition) is 5. The summed E-state index contributed by atoms with van der Waals surface area (Å²) in [5.41, 5.74) is 0.557. The van der Waals surface area contributed by atoms with E-state index in [0.717, 1.165) is 4.90 Å². The van der Waals surface area contributed by atoms with Gasteiger partial charge < -0.3 is 10.1 Å². The minimum Gasteiger partial charge on any atom is -0.385 e. The number of amides is 1. The second-order valence-electron chi connectivity index (χ2n) is 5.42. The molecule has 1 amide bonds. The molecule has 0 aliphatic heterocycles. The lowest BCUT2D eigenvalue weighted by molar-refractivity contribution is -0.113. The molecule has 140 valence electrons. The number of thioether (sulfide) groups is 1. The maximum absolute atomic E-state index is 12.1. The highest BCUT2D eigenvalue weighted by atomic mass is 32.2. The van der Waals surface area contributed by atoms with Crippen molar-refractivity contribution in [2.24, 2.45) is 0 Å². The number of nitrogens with one attached hydrogen (secondary N) is 2. The van der Waals surface area contributed by atoms with E-state index in [4.69, 9.17) is 4.74 Å². The van der Waals surface area contributed by atoms with Crippen molar-refractivity contribution in [3.05, 3.63) is 54.6 Å². The average molecular weight is 395 g/mol. The van der Waals surface area contributed by atoms with Gasteiger partial charge in [0.1, 0.15) is 0 Å². The Morgan fingerprint density at radius 1 is 1.08 bits per heavy atom. The molecule has 8 heteroatoms. The summed E-state index contributed by atoms with van der Waals surface area (Å²) in [6, 6.07) is 15.7. The Morgan fingerprint density at radius 3 is 2.42 bits per heavy atom. The molecule has 2 aromatic carbocycles. The van der Waals surface area contributed by atoms with Crippen molar-refractivity contribution in [1.82, 2.24) is 4.72 Å². The molecule has 0 fully saturated rings. The molecule has 0 aliphatic rings. The fourth-order valence-corrected chi connectivity index (χ4v) is 3.88. The number of ether oxygens (including phenoxy) is 1. The number of hydrogen-bond donors (Lipinski definition) is 2. The third kappa shape index (κ3) is 6.80. The molecule has 26 heavy (non-hydrogen) atoms. The molecule has 0 aliphatic carbocycles. The molecule has 0 spiro atoms. The Bertz CT molecular complexity index is 794. The maximum Gasteiger partial charge on any atom is 0.240 e. The monoisotopic (exact) mass is 394 g/mol. The van der Waals surface area contributed by atoms with E-state index in [2.05, 4.69) is 10.0 Å². The molecule has 0 heterocycles. The van der Waals surface area contributed by atoms with Gasteiger partial charge in [-0.3, -0.25) is 4.79 Å². The molecule has 0 bridgehead atoms. The average Bonchev–Trinajstić information content (AvgIpc) is 2.65. The second-order valence-corrected chi connectivity index (χ2v) is 8.23. The van der Waals surface area contributed by atoms with E-state index < -0.39 is 10.0 Å². The molecule has 0 unspecified atom stereocenters. The highest BCUT2D eigenvalue weighted by Gasteiger charge is 2.13. The highest BCUT2D eigenvalue weighted by molar-refractivity contribution is 8.00. The van der Waals surface area contributed by atoms with Gasteiger partial charge in [-0.2, -0.15) is 0 Å². The van der Waals surface area contributed by atoms with E-state index in [1.54, 1.807) is 19.2 Å². The third-order valence-corrected chi connectivity index (χ3v) is 5.87. The smallest absolute Gasteiger partial charge is 0.240 e. The van der Waals surface area contributed by atoms with Gasteiger partial charge in [-0.15, -0.1) is 11.8 Å². The van der Waals surface area contributed by atoms with Crippen LogP contribution in [0.5, 0.6) is 0 Å². The summed E-state index contributed by atoms with van der Waals surface area (Å²) in [4.78, 5) is 13.2. The van der Waals surface area contributed by atoms with E-state index in [-0.39, 0.29) is 16.6 Å². The summed E-state index contributed by atoms with van der Waals surface area (Å²) >= 11 is 1.44. The van der Waals surface area contributed by atoms with Gasteiger partial charge in [0.15, 0.2) is 0 Å². The molecule has 2 N–H and O–H groups in total. The Kier molecular flexibility index (Phi) is 8.11. The highest BCUT2D eigenvalue weighted by Crippen LogP contribution is 2.18. The van der Waals surface area contributed by atoms with Crippen LogP contribution in [0.2, 0.25) is 0 Å². The first-order valence-corrected chi connectivity index (χ1v) is 10.5. The van der Waals surface area contributed by atoms with Crippen LogP contribution in [0.1, 0.15) is 6.42 Å². The van der Waals surface area contributed by atoms with Gasteiger partial charge in [-0.05, 0) is 42.8 Å². The molecule has 0 atom stereocenters. The summed E-state index contributed by atoms with van der Waals surface area (Å²) in [5, 5.41) is 2.76. The molecular weight excluding hydrogens is 372 g/mol. The number of sulfonamides is 1. The van der Waals surface area contributed by atoms with Gasteiger partial charge in [0, 0.05) is 30.8 Å². The lowest BCUT2D eigenvalue weighted by atomic mass is 10.3. The van der Waals surface area contributed by atoms with Crippen molar-refractivity contribution in [2.75, 3.05) is 31.3 Å². The van der Waals surface area contributed by atoms with E-state index >= 15 is 0 Å². The fourth-order valence-electron chi connectivity index (χ4n) is 2.09. The van der Waals surface area contributed by atoms with Gasteiger partial charge in [0.25, 0.3) is 0 Å². The van der Waals surface area contributed by atoms with E-state index in [0.29, 0.717) is 25.3 Å². The molecule has 0 radical (unpaired) electrons. The number of rotatable bonds is 10. The zero-order chi connectivity index (χ0) is 18.8. The number of carbonyl (C=O) groups excluding carboxylic acids is 1. The number of carbonyl (C=O) groups is 1. The molecule has 2 aromatic rings. The van der Waals surface area contributed by atoms with Crippen molar-refractivity contribution in [3.63, 3.8) is 0 Å². The Morgan fingerprint density at radius 2 is 1.77 bits per heavy atom. The third-order valence-electron chi connectivity index (χ3n) is 3.38. The quantitative estimate of drug-likeness (QED) is 0.478. The van der Waals surface area contributed by atoms with Crippen LogP contribution in [0, 0.1) is 0 Å². The first-order valence-electron chi connectivity index (χ1n) is 8.07. The molecule has 6 nitrogen and oxygen atoms in total. The van der Waals surface area contributed by atoms with E-state index in [9.17, 15) is 13.2 Å². The first kappa shape index (κ1) is 20.4. The van der Waals surface area contributed by atoms with Gasteiger partial charge in [-0.25, -0.2) is 13.1 Å². The van der Waals surface area contributed by atoms with Gasteiger partial charge in [0.2, 0.25) is 15.9 Å². The summed E-state index contributed by atoms with van der Waals surface area (Å²) in [6.45, 7) is 0.805. The molecule has 0 saturated carbocycles. The summed E-state index contributed by atoms with van der Waals surface area (Å²) in [5.74, 6) is 0.137. The van der Waals surface area contributed by atoms with Crippen LogP contribution in [0.4, 0.5) is 5.69 Å². The topological polar surface area (TPSA) is 84.5 Å². The van der Waals surface area contributed by atoms with Gasteiger partial charge in [0.05, 0.1) is 10.6 Å². The standard InChI is InChI=1S/C18H22N2O4S2/c1-24-13-5-12-19-26(22,23)17-10-8-15(9-11-17)20-18(21)14-25-16-6-3-2-4-7-16/h2-4,6-11,19H,5,12-14H2,1H3,(H,20,21). The minimum atomic E-state index is -3.55. The van der Waals surface area contributed by atoms with Crippen molar-refractivity contribution in [3.8, 4) is 0 Å². The van der Waals surface area contributed by atoms with Crippen LogP contribution in [0.25, 0.3) is 0 Å². The van der Waals surface area contributed by atoms with Crippen LogP contribution in [-0.2, 0) is 19.6 Å². The van der Waals surface area contributed by atoms with Crippen molar-refractivity contribution in [2.45, 2.75) is 16.2 Å². The Balaban J connectivity index is 1.85. The zero-order valence-corrected chi connectivity index (χ0v) is 16.1. The van der Waals surface area contributed by atoms with Gasteiger partial charge in [-0.1, -0.05) is 18.2 Å². The van der Waals surface area contributed by atoms with Crippen molar-refractivity contribution >= 4 is 33.4 Å². The lowest BCUT2D eigenvalue weighted by Gasteiger charge is -2.08. The van der Waals surface area contributed by atoms with Crippen LogP contribution in [0.15, 0.2) is 64.4 Å². The largest absolute Gasteiger partial charge is 0.385 e. The summed E-state index contributed by atoms with van der Waals surface area (Å²) in [6.07, 6.45) is 0.600. The number of methoxy groups -OCH3 is 1. The molecular formula is C18H22N2O4S2.